The third kappa shape index (κ3) is 4.51. The van der Waals surface area contributed by atoms with E-state index < -0.39 is 79.7 Å². The van der Waals surface area contributed by atoms with Gasteiger partial charge in [0.15, 0.2) is 9.84 Å². The van der Waals surface area contributed by atoms with Gasteiger partial charge in [-0.1, -0.05) is 25.1 Å². The Morgan fingerprint density at radius 3 is 2.00 bits per heavy atom. The minimum Gasteiger partial charge on any atom is -0.481 e. The topological polar surface area (TPSA) is 91.8 Å². The molecular formula is C29H27F8NO5S. The van der Waals surface area contributed by atoms with E-state index in [-0.39, 0.29) is 60.7 Å². The number of alkyl halides is 7. The fraction of sp³-hybridized carbons (Fsp3) is 0.517. The standard InChI is InChI=1S/C29H27F8NO5S/c1-25(10-8-16(9-11-25)23(39)40)24(41)38-13-12-26(44(42,43)20-5-3-19(30)4-6-20)21-7-2-18(14-17(21)15-22(26)38)27(31,28(32,33)34)29(35,36)37/h2-7,14,16,22H,8-13,15H2,1H3,(H,39,40). The number of hydrogen-bond donors (Lipinski definition) is 1. The van der Waals surface area contributed by atoms with E-state index in [1.54, 1.807) is 6.92 Å². The molecule has 0 aromatic heterocycles. The van der Waals surface area contributed by atoms with E-state index in [0.717, 1.165) is 30.3 Å². The van der Waals surface area contributed by atoms with E-state index in [1.807, 2.05) is 0 Å². The van der Waals surface area contributed by atoms with Crippen LogP contribution in [0.4, 0.5) is 35.1 Å². The van der Waals surface area contributed by atoms with Crippen molar-refractivity contribution in [2.45, 2.75) is 79.2 Å². The zero-order valence-electron chi connectivity index (χ0n) is 23.1. The Morgan fingerprint density at radius 2 is 1.48 bits per heavy atom. The van der Waals surface area contributed by atoms with E-state index in [2.05, 4.69) is 0 Å². The van der Waals surface area contributed by atoms with Gasteiger partial charge in [0, 0.05) is 17.5 Å². The van der Waals surface area contributed by atoms with Gasteiger partial charge in [-0.05, 0) is 73.9 Å². The molecule has 2 aliphatic carbocycles. The van der Waals surface area contributed by atoms with Crippen molar-refractivity contribution in [1.82, 2.24) is 4.90 Å². The number of hydrogen-bond acceptors (Lipinski definition) is 4. The summed E-state index contributed by atoms with van der Waals surface area (Å²) in [6.45, 7) is 1.47. The zero-order chi connectivity index (χ0) is 32.7. The largest absolute Gasteiger partial charge is 0.481 e. The van der Waals surface area contributed by atoms with Crippen molar-refractivity contribution in [1.29, 1.82) is 0 Å². The fourth-order valence-corrected chi connectivity index (χ4v) is 9.46. The zero-order valence-corrected chi connectivity index (χ0v) is 23.9. The number of aliphatic carboxylic acids is 1. The van der Waals surface area contributed by atoms with Gasteiger partial charge in [-0.25, -0.2) is 17.2 Å². The lowest BCUT2D eigenvalue weighted by atomic mass is 9.70. The predicted molar refractivity (Wildman–Crippen MR) is 138 cm³/mol. The summed E-state index contributed by atoms with van der Waals surface area (Å²) in [5, 5.41) is 9.36. The summed E-state index contributed by atoms with van der Waals surface area (Å²) in [7, 11) is -4.59. The van der Waals surface area contributed by atoms with Crippen LogP contribution in [0.5, 0.6) is 0 Å². The van der Waals surface area contributed by atoms with Gasteiger partial charge in [0.1, 0.15) is 10.6 Å². The van der Waals surface area contributed by atoms with Gasteiger partial charge in [0.05, 0.1) is 16.9 Å². The number of sulfone groups is 1. The molecule has 15 heteroatoms. The fourth-order valence-electron chi connectivity index (χ4n) is 7.12. The monoisotopic (exact) mass is 653 g/mol. The number of nitrogens with zero attached hydrogens (tertiary/aromatic N) is 1. The molecule has 5 rings (SSSR count). The molecule has 1 saturated heterocycles. The molecular weight excluding hydrogens is 626 g/mol. The molecule has 2 fully saturated rings. The van der Waals surface area contributed by atoms with Crippen LogP contribution in [0.25, 0.3) is 0 Å². The van der Waals surface area contributed by atoms with Gasteiger partial charge in [-0.2, -0.15) is 26.3 Å². The predicted octanol–water partition coefficient (Wildman–Crippen LogP) is 6.22. The first-order valence-electron chi connectivity index (χ1n) is 13.7. The van der Waals surface area contributed by atoms with Crippen LogP contribution in [0.1, 0.15) is 55.7 Å². The van der Waals surface area contributed by atoms with Crippen molar-refractivity contribution in [3.05, 3.63) is 65.0 Å². The van der Waals surface area contributed by atoms with E-state index in [1.165, 1.54) is 4.90 Å². The first-order chi connectivity index (χ1) is 20.2. The molecule has 2 unspecified atom stereocenters. The maximum absolute atomic E-state index is 15.0. The molecule has 1 heterocycles. The van der Waals surface area contributed by atoms with Crippen LogP contribution in [0, 0.1) is 17.2 Å². The smallest absolute Gasteiger partial charge is 0.435 e. The summed E-state index contributed by atoms with van der Waals surface area (Å²) >= 11 is 0. The van der Waals surface area contributed by atoms with Crippen LogP contribution in [0.2, 0.25) is 0 Å². The summed E-state index contributed by atoms with van der Waals surface area (Å²) in [4.78, 5) is 26.3. The average Bonchev–Trinajstić information content (AvgIpc) is 3.47. The lowest BCUT2D eigenvalue weighted by Gasteiger charge is -2.40. The molecule has 1 N–H and O–H groups in total. The number of carboxylic acid groups (broad SMARTS) is 1. The van der Waals surface area contributed by atoms with Crippen molar-refractivity contribution in [3.63, 3.8) is 0 Å². The van der Waals surface area contributed by atoms with Gasteiger partial charge in [0.25, 0.3) is 0 Å². The molecule has 6 nitrogen and oxygen atoms in total. The Labute approximate surface area is 247 Å². The number of carbonyl (C=O) groups excluding carboxylic acids is 1. The van der Waals surface area contributed by atoms with Gasteiger partial charge in [-0.15, -0.1) is 0 Å². The number of rotatable bonds is 5. The second kappa shape index (κ2) is 10.1. The number of carboxylic acids is 1. The minimum atomic E-state index is -6.39. The van der Waals surface area contributed by atoms with Crippen LogP contribution in [-0.4, -0.2) is 55.2 Å². The lowest BCUT2D eigenvalue weighted by molar-refractivity contribution is -0.348. The van der Waals surface area contributed by atoms with E-state index >= 15 is 4.39 Å². The van der Waals surface area contributed by atoms with Crippen molar-refractivity contribution in [3.8, 4) is 0 Å². The van der Waals surface area contributed by atoms with E-state index in [4.69, 9.17) is 0 Å². The maximum Gasteiger partial charge on any atom is 0.435 e. The summed E-state index contributed by atoms with van der Waals surface area (Å²) in [6, 6.07) is 3.77. The summed E-state index contributed by atoms with van der Waals surface area (Å²) in [6.07, 6.45) is -12.9. The molecule has 2 atom stereocenters. The highest BCUT2D eigenvalue weighted by atomic mass is 32.2. The highest BCUT2D eigenvalue weighted by Crippen LogP contribution is 2.58. The first-order valence-corrected chi connectivity index (χ1v) is 15.2. The number of benzene rings is 2. The van der Waals surface area contributed by atoms with Crippen LogP contribution < -0.4 is 0 Å². The lowest BCUT2D eigenvalue weighted by Crippen LogP contribution is -2.51. The van der Waals surface area contributed by atoms with Crippen LogP contribution in [0.15, 0.2) is 47.4 Å². The van der Waals surface area contributed by atoms with Crippen molar-refractivity contribution in [2.75, 3.05) is 6.54 Å². The summed E-state index contributed by atoms with van der Waals surface area (Å²) in [5.74, 6) is -2.99. The maximum atomic E-state index is 15.0. The number of halogens is 8. The van der Waals surface area contributed by atoms with Crippen molar-refractivity contribution >= 4 is 21.7 Å². The van der Waals surface area contributed by atoms with E-state index in [9.17, 15) is 53.8 Å². The molecule has 3 aliphatic rings. The average molecular weight is 654 g/mol. The highest BCUT2D eigenvalue weighted by molar-refractivity contribution is 7.92. The second-order valence-corrected chi connectivity index (χ2v) is 14.2. The van der Waals surface area contributed by atoms with Gasteiger partial charge in [-0.3, -0.25) is 9.59 Å². The minimum absolute atomic E-state index is 0.138. The van der Waals surface area contributed by atoms with Gasteiger partial charge >= 0.3 is 24.0 Å². The third-order valence-corrected chi connectivity index (χ3v) is 12.2. The third-order valence-electron chi connectivity index (χ3n) is 9.61. The first kappa shape index (κ1) is 32.2. The number of amides is 1. The molecule has 0 bridgehead atoms. The molecule has 0 radical (unpaired) electrons. The quantitative estimate of drug-likeness (QED) is 0.306. The summed E-state index contributed by atoms with van der Waals surface area (Å²) in [5.41, 5.74) is -9.10. The van der Waals surface area contributed by atoms with Gasteiger partial charge < -0.3 is 10.0 Å². The molecule has 1 saturated carbocycles. The van der Waals surface area contributed by atoms with E-state index in [0.29, 0.717) is 6.07 Å². The SMILES string of the molecule is CC1(C(=O)N2CCC3(S(=O)(=O)c4ccc(F)cc4)c4ccc(C(F)(C(F)(F)F)C(F)(F)F)cc4CC23)CCC(C(=O)O)CC1. The van der Waals surface area contributed by atoms with Crippen molar-refractivity contribution in [2.24, 2.45) is 11.3 Å². The Hall–Kier alpha value is -3.23. The normalized spacial score (nSPS) is 27.6. The Morgan fingerprint density at radius 1 is 0.909 bits per heavy atom. The number of likely N-dealkylation sites (tertiary alicyclic amines) is 1. The molecule has 240 valence electrons. The molecule has 2 aromatic carbocycles. The molecule has 2 aromatic rings. The van der Waals surface area contributed by atoms with Crippen LogP contribution in [0.3, 0.4) is 0 Å². The molecule has 0 spiro atoms. The van der Waals surface area contributed by atoms with Crippen LogP contribution in [-0.2, 0) is 36.3 Å². The highest BCUT2D eigenvalue weighted by Gasteiger charge is 2.74. The summed E-state index contributed by atoms with van der Waals surface area (Å²) < 4.78 is 137. The Kier molecular flexibility index (Phi) is 7.42. The number of carbonyl (C=O) groups is 2. The second-order valence-electron chi connectivity index (χ2n) is 12.0. The van der Waals surface area contributed by atoms with Crippen LogP contribution >= 0.6 is 0 Å². The van der Waals surface area contributed by atoms with Crippen molar-refractivity contribution < 1.29 is 58.2 Å². The molecule has 1 amide bonds. The van der Waals surface area contributed by atoms with Gasteiger partial charge in [0.2, 0.25) is 5.91 Å². The molecule has 1 aliphatic heterocycles. The molecule has 44 heavy (non-hydrogen) atoms. The number of fused-ring (bicyclic) bond motifs is 3. The Bertz CT molecular complexity index is 1580. The Balaban J connectivity index is 1.64.